The monoisotopic (exact) mass is 233 g/mol. The molecular formula is C7H14Cl3NO. The first kappa shape index (κ1) is 15.0. The lowest BCUT2D eigenvalue weighted by Gasteiger charge is -2.15. The van der Waals surface area contributed by atoms with E-state index in [1.807, 2.05) is 0 Å². The molecule has 0 atom stereocenters. The van der Waals surface area contributed by atoms with Crippen molar-refractivity contribution in [2.24, 2.45) is 5.73 Å². The van der Waals surface area contributed by atoms with Gasteiger partial charge in [-0.3, -0.25) is 4.79 Å². The quantitative estimate of drug-likeness (QED) is 0.654. The molecule has 0 saturated heterocycles. The van der Waals surface area contributed by atoms with Crippen molar-refractivity contribution in [2.75, 3.05) is 0 Å². The van der Waals surface area contributed by atoms with Crippen LogP contribution in [-0.4, -0.2) is 10.7 Å². The summed E-state index contributed by atoms with van der Waals surface area (Å²) in [6, 6.07) is 0.536. The maximum atomic E-state index is 8.98. The molecule has 0 amide bonds. The van der Waals surface area contributed by atoms with Crippen LogP contribution in [0, 0.1) is 0 Å². The summed E-state index contributed by atoms with van der Waals surface area (Å²) in [6.45, 7) is 0. The molecule has 0 aromatic rings. The van der Waals surface area contributed by atoms with Gasteiger partial charge in [-0.05, 0) is 36.0 Å². The summed E-state index contributed by atoms with van der Waals surface area (Å²) in [7, 11) is 0. The molecule has 0 spiro atoms. The average molecular weight is 235 g/mol. The predicted octanol–water partition coefficient (Wildman–Crippen LogP) is 3.28. The SMILES string of the molecule is Cl.NC1CCCCC1.O=C(Cl)Cl. The molecular weight excluding hydrogens is 220 g/mol. The fourth-order valence-electron chi connectivity index (χ4n) is 1.13. The lowest BCUT2D eigenvalue weighted by molar-refractivity contribution is 0.275. The second kappa shape index (κ2) is 9.59. The van der Waals surface area contributed by atoms with Gasteiger partial charge in [0.1, 0.15) is 0 Å². The van der Waals surface area contributed by atoms with Crippen molar-refractivity contribution in [3.8, 4) is 0 Å². The van der Waals surface area contributed by atoms with Crippen molar-refractivity contribution in [3.05, 3.63) is 0 Å². The van der Waals surface area contributed by atoms with Gasteiger partial charge in [-0.25, -0.2) is 0 Å². The van der Waals surface area contributed by atoms with Crippen molar-refractivity contribution in [1.29, 1.82) is 0 Å². The molecule has 0 heterocycles. The van der Waals surface area contributed by atoms with Gasteiger partial charge < -0.3 is 5.73 Å². The molecule has 0 aromatic heterocycles. The second-order valence-corrected chi connectivity index (χ2v) is 3.50. The third-order valence-corrected chi connectivity index (χ3v) is 1.65. The Balaban J connectivity index is 0. The van der Waals surface area contributed by atoms with E-state index in [4.69, 9.17) is 10.5 Å². The summed E-state index contributed by atoms with van der Waals surface area (Å²) in [5.41, 5.74) is 5.63. The Kier molecular flexibility index (Phi) is 12.0. The molecule has 1 aliphatic rings. The highest BCUT2D eigenvalue weighted by atomic mass is 35.5. The Labute approximate surface area is 89.2 Å². The molecule has 2 nitrogen and oxygen atoms in total. The molecule has 5 heteroatoms. The number of carbonyl (C=O) groups excluding carboxylic acids is 1. The van der Waals surface area contributed by atoms with Gasteiger partial charge in [0, 0.05) is 6.04 Å². The van der Waals surface area contributed by atoms with Crippen molar-refractivity contribution in [1.82, 2.24) is 0 Å². The molecule has 1 fully saturated rings. The number of rotatable bonds is 0. The van der Waals surface area contributed by atoms with E-state index < -0.39 is 4.70 Å². The van der Waals surface area contributed by atoms with Gasteiger partial charge in [-0.2, -0.15) is 0 Å². The molecule has 1 saturated carbocycles. The van der Waals surface area contributed by atoms with Crippen LogP contribution in [-0.2, 0) is 0 Å². The van der Waals surface area contributed by atoms with E-state index >= 15 is 0 Å². The second-order valence-electron chi connectivity index (χ2n) is 2.62. The van der Waals surface area contributed by atoms with Crippen molar-refractivity contribution in [2.45, 2.75) is 38.1 Å². The highest BCUT2D eigenvalue weighted by Crippen LogP contribution is 2.14. The van der Waals surface area contributed by atoms with E-state index in [1.165, 1.54) is 32.1 Å². The van der Waals surface area contributed by atoms with Crippen molar-refractivity contribution >= 4 is 40.3 Å². The Bertz CT molecular complexity index is 111. The average Bonchev–Trinajstić information content (AvgIpc) is 1.87. The summed E-state index contributed by atoms with van der Waals surface area (Å²) >= 11 is 8.80. The molecule has 0 bridgehead atoms. The van der Waals surface area contributed by atoms with E-state index in [0.717, 1.165) is 0 Å². The maximum absolute atomic E-state index is 8.98. The highest BCUT2D eigenvalue weighted by molar-refractivity contribution is 6.93. The number of hydrogen-bond acceptors (Lipinski definition) is 2. The Morgan fingerprint density at radius 3 is 1.67 bits per heavy atom. The minimum atomic E-state index is -0.889. The molecule has 12 heavy (non-hydrogen) atoms. The van der Waals surface area contributed by atoms with Gasteiger partial charge in [0.25, 0.3) is 0 Å². The van der Waals surface area contributed by atoms with Crippen molar-refractivity contribution in [3.63, 3.8) is 0 Å². The maximum Gasteiger partial charge on any atom is 0.313 e. The Morgan fingerprint density at radius 1 is 1.17 bits per heavy atom. The molecule has 1 rings (SSSR count). The topological polar surface area (TPSA) is 43.1 Å². The Hall–Kier alpha value is 0.500. The van der Waals surface area contributed by atoms with Gasteiger partial charge in [0.2, 0.25) is 0 Å². The van der Waals surface area contributed by atoms with Gasteiger partial charge >= 0.3 is 4.70 Å². The van der Waals surface area contributed by atoms with Crippen molar-refractivity contribution < 1.29 is 4.79 Å². The third-order valence-electron chi connectivity index (χ3n) is 1.65. The summed E-state index contributed by atoms with van der Waals surface area (Å²) < 4.78 is -0.889. The fraction of sp³-hybridized carbons (Fsp3) is 0.857. The zero-order chi connectivity index (χ0) is 8.69. The zero-order valence-corrected chi connectivity index (χ0v) is 9.09. The minimum absolute atomic E-state index is 0. The van der Waals surface area contributed by atoms with Crippen LogP contribution >= 0.6 is 35.6 Å². The third kappa shape index (κ3) is 13.1. The van der Waals surface area contributed by atoms with Crippen LogP contribution in [0.1, 0.15) is 32.1 Å². The van der Waals surface area contributed by atoms with Gasteiger partial charge in [-0.15, -0.1) is 12.4 Å². The molecule has 74 valence electrons. The van der Waals surface area contributed by atoms with Crippen LogP contribution in [0.4, 0.5) is 4.79 Å². The summed E-state index contributed by atoms with van der Waals surface area (Å²) in [5, 5.41) is 0. The number of nitrogens with two attached hydrogens (primary N) is 1. The van der Waals surface area contributed by atoms with Crippen LogP contribution < -0.4 is 5.73 Å². The smallest absolute Gasteiger partial charge is 0.313 e. The zero-order valence-electron chi connectivity index (χ0n) is 6.76. The van der Waals surface area contributed by atoms with Gasteiger partial charge in [-0.1, -0.05) is 19.3 Å². The predicted molar refractivity (Wildman–Crippen MR) is 55.4 cm³/mol. The molecule has 2 N–H and O–H groups in total. The summed E-state index contributed by atoms with van der Waals surface area (Å²) in [5.74, 6) is 0. The number of hydrogen-bond donors (Lipinski definition) is 1. The lowest BCUT2D eigenvalue weighted by Crippen LogP contribution is -2.22. The largest absolute Gasteiger partial charge is 0.328 e. The highest BCUT2D eigenvalue weighted by Gasteiger charge is 2.06. The summed E-state index contributed by atoms with van der Waals surface area (Å²) in [6.07, 6.45) is 6.66. The summed E-state index contributed by atoms with van der Waals surface area (Å²) in [4.78, 5) is 8.98. The van der Waals surface area contributed by atoms with Crippen LogP contribution in [0.15, 0.2) is 0 Å². The first-order chi connectivity index (χ1) is 5.13. The molecule has 0 aliphatic heterocycles. The lowest BCUT2D eigenvalue weighted by atomic mass is 9.97. The van der Waals surface area contributed by atoms with Crippen LogP contribution in [0.3, 0.4) is 0 Å². The first-order valence-corrected chi connectivity index (χ1v) is 4.49. The number of halogens is 3. The molecule has 1 aliphatic carbocycles. The minimum Gasteiger partial charge on any atom is -0.328 e. The Morgan fingerprint density at radius 2 is 1.50 bits per heavy atom. The molecule has 0 aromatic carbocycles. The van der Waals surface area contributed by atoms with Crippen LogP contribution in [0.5, 0.6) is 0 Å². The van der Waals surface area contributed by atoms with E-state index in [9.17, 15) is 0 Å². The normalized spacial score (nSPS) is 16.9. The van der Waals surface area contributed by atoms with Gasteiger partial charge in [0.15, 0.2) is 0 Å². The first-order valence-electron chi connectivity index (χ1n) is 3.73. The van der Waals surface area contributed by atoms with Gasteiger partial charge in [0.05, 0.1) is 0 Å². The van der Waals surface area contributed by atoms with E-state index in [2.05, 4.69) is 23.2 Å². The van der Waals surface area contributed by atoms with E-state index in [1.54, 1.807) is 0 Å². The van der Waals surface area contributed by atoms with Crippen LogP contribution in [0.25, 0.3) is 0 Å². The number of carbonyl (C=O) groups is 1. The van der Waals surface area contributed by atoms with E-state index in [-0.39, 0.29) is 12.4 Å². The fourth-order valence-corrected chi connectivity index (χ4v) is 1.13. The standard InChI is InChI=1S/C6H13N.CCl2O.ClH/c7-6-4-2-1-3-5-6;2-1(3)4;/h6H,1-5,7H2;;1H. The van der Waals surface area contributed by atoms with Crippen LogP contribution in [0.2, 0.25) is 0 Å². The molecule has 0 unspecified atom stereocenters. The molecule has 0 radical (unpaired) electrons. The van der Waals surface area contributed by atoms with E-state index in [0.29, 0.717) is 6.04 Å².